The highest BCUT2D eigenvalue weighted by molar-refractivity contribution is 5.79. The van der Waals surface area contributed by atoms with Gasteiger partial charge in [-0.15, -0.1) is 0 Å². The first-order valence-corrected chi connectivity index (χ1v) is 5.12. The molecule has 1 unspecified atom stereocenters. The standard InChI is InChI=1S/C12H12N2O/c15-11-13-8-12(14-11)7-3-5-9-4-1-2-6-10(9)12/h1-6H,7-8H2,(H2,13,14,15). The van der Waals surface area contributed by atoms with E-state index >= 15 is 0 Å². The van der Waals surface area contributed by atoms with E-state index in [9.17, 15) is 4.79 Å². The fourth-order valence-electron chi connectivity index (χ4n) is 2.40. The van der Waals surface area contributed by atoms with E-state index < -0.39 is 0 Å². The van der Waals surface area contributed by atoms with Gasteiger partial charge in [0.05, 0.1) is 5.54 Å². The predicted molar refractivity (Wildman–Crippen MR) is 58.3 cm³/mol. The SMILES string of the molecule is O=C1NCC2(CC=Cc3ccccc32)N1. The topological polar surface area (TPSA) is 41.1 Å². The molecule has 1 aromatic rings. The van der Waals surface area contributed by atoms with Gasteiger partial charge in [-0.25, -0.2) is 4.79 Å². The zero-order valence-electron chi connectivity index (χ0n) is 8.29. The maximum Gasteiger partial charge on any atom is 0.315 e. The fraction of sp³-hybridized carbons (Fsp3) is 0.250. The highest BCUT2D eigenvalue weighted by atomic mass is 16.2. The summed E-state index contributed by atoms with van der Waals surface area (Å²) in [5.74, 6) is 0. The Bertz CT molecular complexity index is 453. The van der Waals surface area contributed by atoms with Crippen molar-refractivity contribution in [2.45, 2.75) is 12.0 Å². The zero-order valence-corrected chi connectivity index (χ0v) is 8.29. The van der Waals surface area contributed by atoms with Gasteiger partial charge >= 0.3 is 6.03 Å². The van der Waals surface area contributed by atoms with Crippen molar-refractivity contribution in [1.29, 1.82) is 0 Å². The van der Waals surface area contributed by atoms with Crippen molar-refractivity contribution in [3.05, 3.63) is 41.5 Å². The summed E-state index contributed by atoms with van der Waals surface area (Å²) in [6.45, 7) is 0.674. The van der Waals surface area contributed by atoms with Gasteiger partial charge in [0.25, 0.3) is 0 Å². The highest BCUT2D eigenvalue weighted by Crippen LogP contribution is 2.34. The zero-order chi connectivity index (χ0) is 10.3. The molecule has 0 aromatic heterocycles. The lowest BCUT2D eigenvalue weighted by Crippen LogP contribution is -2.41. The van der Waals surface area contributed by atoms with Gasteiger partial charge in [-0.2, -0.15) is 0 Å². The third-order valence-corrected chi connectivity index (χ3v) is 3.14. The van der Waals surface area contributed by atoms with Crippen molar-refractivity contribution in [3.8, 4) is 0 Å². The molecule has 1 atom stereocenters. The molecule has 1 aromatic carbocycles. The average molecular weight is 200 g/mol. The third kappa shape index (κ3) is 1.16. The van der Waals surface area contributed by atoms with Crippen LogP contribution in [0.2, 0.25) is 0 Å². The summed E-state index contributed by atoms with van der Waals surface area (Å²) < 4.78 is 0. The molecule has 2 aliphatic rings. The van der Waals surface area contributed by atoms with E-state index in [0.717, 1.165) is 6.42 Å². The van der Waals surface area contributed by atoms with E-state index in [0.29, 0.717) is 6.54 Å². The maximum absolute atomic E-state index is 11.3. The Morgan fingerprint density at radius 2 is 2.13 bits per heavy atom. The van der Waals surface area contributed by atoms with Crippen LogP contribution in [0.15, 0.2) is 30.3 Å². The van der Waals surface area contributed by atoms with Crippen molar-refractivity contribution < 1.29 is 4.79 Å². The number of benzene rings is 1. The monoisotopic (exact) mass is 200 g/mol. The molecular weight excluding hydrogens is 188 g/mol. The smallest absolute Gasteiger partial charge is 0.315 e. The largest absolute Gasteiger partial charge is 0.335 e. The molecule has 76 valence electrons. The molecule has 1 spiro atoms. The summed E-state index contributed by atoms with van der Waals surface area (Å²) in [5.41, 5.74) is 2.20. The molecule has 1 aliphatic heterocycles. The number of nitrogens with one attached hydrogen (secondary N) is 2. The fourth-order valence-corrected chi connectivity index (χ4v) is 2.40. The van der Waals surface area contributed by atoms with Crippen LogP contribution in [0.3, 0.4) is 0 Å². The first-order chi connectivity index (χ1) is 7.30. The number of urea groups is 1. The number of rotatable bonds is 0. The Kier molecular flexibility index (Phi) is 1.63. The molecule has 1 saturated heterocycles. The lowest BCUT2D eigenvalue weighted by molar-refractivity contribution is 0.244. The number of amides is 2. The van der Waals surface area contributed by atoms with Crippen LogP contribution in [0.5, 0.6) is 0 Å². The van der Waals surface area contributed by atoms with E-state index in [2.05, 4.69) is 34.9 Å². The Labute approximate surface area is 88.2 Å². The number of carbonyl (C=O) groups is 1. The molecular formula is C12H12N2O. The summed E-state index contributed by atoms with van der Waals surface area (Å²) in [4.78, 5) is 11.3. The summed E-state index contributed by atoms with van der Waals surface area (Å²) in [6.07, 6.45) is 5.10. The van der Waals surface area contributed by atoms with Crippen LogP contribution in [0.4, 0.5) is 4.79 Å². The lowest BCUT2D eigenvalue weighted by Gasteiger charge is -2.31. The number of hydrogen-bond donors (Lipinski definition) is 2. The molecule has 3 rings (SSSR count). The van der Waals surface area contributed by atoms with Gasteiger partial charge in [0.2, 0.25) is 0 Å². The Hall–Kier alpha value is -1.77. The van der Waals surface area contributed by atoms with Crippen LogP contribution in [-0.4, -0.2) is 12.6 Å². The molecule has 0 bridgehead atoms. The van der Waals surface area contributed by atoms with Crippen molar-refractivity contribution >= 4 is 12.1 Å². The van der Waals surface area contributed by atoms with Gasteiger partial charge in [-0.3, -0.25) is 0 Å². The number of carbonyl (C=O) groups excluding carboxylic acids is 1. The summed E-state index contributed by atoms with van der Waals surface area (Å²) in [5, 5.41) is 5.86. The molecule has 2 amide bonds. The molecule has 3 nitrogen and oxygen atoms in total. The molecule has 0 saturated carbocycles. The van der Waals surface area contributed by atoms with E-state index in [1.807, 2.05) is 12.1 Å². The number of fused-ring (bicyclic) bond motifs is 2. The molecule has 15 heavy (non-hydrogen) atoms. The average Bonchev–Trinajstić information content (AvgIpc) is 2.62. The molecule has 1 heterocycles. The Balaban J connectivity index is 2.13. The predicted octanol–water partition coefficient (Wildman–Crippen LogP) is 1.61. The normalized spacial score (nSPS) is 27.3. The van der Waals surface area contributed by atoms with Gasteiger partial charge < -0.3 is 10.6 Å². The van der Waals surface area contributed by atoms with Gasteiger partial charge in [0, 0.05) is 6.54 Å². The second-order valence-corrected chi connectivity index (χ2v) is 4.08. The molecule has 1 fully saturated rings. The second kappa shape index (κ2) is 2.86. The Morgan fingerprint density at radius 3 is 2.93 bits per heavy atom. The van der Waals surface area contributed by atoms with Gasteiger partial charge in [-0.1, -0.05) is 36.4 Å². The lowest BCUT2D eigenvalue weighted by atomic mass is 9.81. The van der Waals surface area contributed by atoms with Gasteiger partial charge in [-0.05, 0) is 17.5 Å². The minimum atomic E-state index is -0.220. The van der Waals surface area contributed by atoms with Crippen LogP contribution in [0.1, 0.15) is 17.5 Å². The van der Waals surface area contributed by atoms with E-state index in [-0.39, 0.29) is 11.6 Å². The van der Waals surface area contributed by atoms with E-state index in [1.54, 1.807) is 0 Å². The van der Waals surface area contributed by atoms with Crippen molar-refractivity contribution in [2.75, 3.05) is 6.54 Å². The van der Waals surface area contributed by atoms with Crippen molar-refractivity contribution in [2.24, 2.45) is 0 Å². The summed E-state index contributed by atoms with van der Waals surface area (Å²) in [7, 11) is 0. The van der Waals surface area contributed by atoms with Crippen LogP contribution in [0, 0.1) is 0 Å². The third-order valence-electron chi connectivity index (χ3n) is 3.14. The minimum absolute atomic E-state index is 0.0693. The highest BCUT2D eigenvalue weighted by Gasteiger charge is 2.40. The van der Waals surface area contributed by atoms with Gasteiger partial charge in [0.1, 0.15) is 0 Å². The van der Waals surface area contributed by atoms with E-state index in [4.69, 9.17) is 0 Å². The maximum atomic E-state index is 11.3. The Morgan fingerprint density at radius 1 is 1.27 bits per heavy atom. The van der Waals surface area contributed by atoms with Crippen LogP contribution in [0.25, 0.3) is 6.08 Å². The van der Waals surface area contributed by atoms with Crippen LogP contribution >= 0.6 is 0 Å². The summed E-state index contributed by atoms with van der Waals surface area (Å²) >= 11 is 0. The molecule has 3 heteroatoms. The van der Waals surface area contributed by atoms with Crippen LogP contribution < -0.4 is 10.6 Å². The van der Waals surface area contributed by atoms with E-state index in [1.165, 1.54) is 11.1 Å². The minimum Gasteiger partial charge on any atom is -0.335 e. The first-order valence-electron chi connectivity index (χ1n) is 5.12. The van der Waals surface area contributed by atoms with Crippen LogP contribution in [-0.2, 0) is 5.54 Å². The van der Waals surface area contributed by atoms with Gasteiger partial charge in [0.15, 0.2) is 0 Å². The number of hydrogen-bond acceptors (Lipinski definition) is 1. The van der Waals surface area contributed by atoms with Crippen molar-refractivity contribution in [1.82, 2.24) is 10.6 Å². The van der Waals surface area contributed by atoms with Crippen molar-refractivity contribution in [3.63, 3.8) is 0 Å². The first kappa shape index (κ1) is 8.53. The molecule has 2 N–H and O–H groups in total. The quantitative estimate of drug-likeness (QED) is 0.656. The second-order valence-electron chi connectivity index (χ2n) is 4.08. The summed E-state index contributed by atoms with van der Waals surface area (Å²) in [6, 6.07) is 8.14. The molecule has 1 aliphatic carbocycles. The molecule has 0 radical (unpaired) electrons.